The van der Waals surface area contributed by atoms with E-state index in [9.17, 15) is 24.5 Å². The summed E-state index contributed by atoms with van der Waals surface area (Å²) in [5.41, 5.74) is 1.75. The number of aromatic nitrogens is 1. The minimum atomic E-state index is -0.920. The van der Waals surface area contributed by atoms with Crippen molar-refractivity contribution in [2.75, 3.05) is 26.9 Å². The van der Waals surface area contributed by atoms with Gasteiger partial charge in [-0.15, -0.1) is 0 Å². The number of carbonyl (C=O) groups excluding carboxylic acids is 3. The lowest BCUT2D eigenvalue weighted by atomic mass is 9.99. The zero-order valence-electron chi connectivity index (χ0n) is 19.7. The molecule has 0 saturated heterocycles. The van der Waals surface area contributed by atoms with Crippen molar-refractivity contribution in [3.05, 3.63) is 62.0 Å². The molecule has 0 aliphatic rings. The Morgan fingerprint density at radius 2 is 1.88 bits per heavy atom. The molecule has 1 aromatic heterocycles. The first-order valence-corrected chi connectivity index (χ1v) is 10.5. The van der Waals surface area contributed by atoms with Crippen molar-refractivity contribution in [2.45, 2.75) is 40.7 Å². The number of nitrogens with one attached hydrogen (secondary N) is 1. The van der Waals surface area contributed by atoms with Gasteiger partial charge >= 0.3 is 5.97 Å². The largest absolute Gasteiger partial charge is 0.461 e. The van der Waals surface area contributed by atoms with E-state index in [1.165, 1.54) is 30.2 Å². The van der Waals surface area contributed by atoms with Crippen LogP contribution >= 0.6 is 0 Å². The fourth-order valence-electron chi connectivity index (χ4n) is 3.64. The number of nitro benzene ring substituents is 1. The zero-order valence-corrected chi connectivity index (χ0v) is 19.7. The molecule has 2 aromatic rings. The molecule has 2 rings (SSSR count). The first kappa shape index (κ1) is 25.7. The van der Waals surface area contributed by atoms with Gasteiger partial charge in [-0.1, -0.05) is 6.07 Å². The van der Waals surface area contributed by atoms with Crippen molar-refractivity contribution < 1.29 is 28.8 Å². The van der Waals surface area contributed by atoms with Crippen LogP contribution in [0.4, 0.5) is 5.69 Å². The lowest BCUT2D eigenvalue weighted by molar-refractivity contribution is -0.385. The highest BCUT2D eigenvalue weighted by Crippen LogP contribution is 2.24. The molecule has 178 valence electrons. The van der Waals surface area contributed by atoms with Crippen LogP contribution in [0.15, 0.2) is 18.2 Å². The van der Waals surface area contributed by atoms with Crippen LogP contribution in [0.2, 0.25) is 0 Å². The molecule has 1 N–H and O–H groups in total. The number of aromatic amines is 1. The van der Waals surface area contributed by atoms with Crippen LogP contribution in [0.1, 0.15) is 61.9 Å². The number of rotatable bonds is 10. The van der Waals surface area contributed by atoms with Crippen LogP contribution in [-0.4, -0.2) is 65.4 Å². The topological polar surface area (TPSA) is 132 Å². The number of Topliss-reactive ketones (excluding diaryl/α,β-unsaturated/α-hetero) is 1. The average molecular weight is 459 g/mol. The average Bonchev–Trinajstić information content (AvgIpc) is 3.07. The molecule has 1 unspecified atom stereocenters. The maximum Gasteiger partial charge on any atom is 0.355 e. The van der Waals surface area contributed by atoms with Gasteiger partial charge in [0.05, 0.1) is 24.2 Å². The molecule has 0 fully saturated rings. The molecule has 1 aromatic carbocycles. The SMILES string of the molecule is CCOC(=O)c1[nH]c(C)c(C(=O)C(C)N(CCOC)C(=O)c2ccc(C)c([N+](=O)[O-])c2)c1C. The lowest BCUT2D eigenvalue weighted by Gasteiger charge is -2.28. The number of hydrogen-bond acceptors (Lipinski definition) is 7. The summed E-state index contributed by atoms with van der Waals surface area (Å²) >= 11 is 0. The van der Waals surface area contributed by atoms with Crippen LogP contribution in [0.3, 0.4) is 0 Å². The number of hydrogen-bond donors (Lipinski definition) is 1. The van der Waals surface area contributed by atoms with E-state index in [-0.39, 0.29) is 42.5 Å². The van der Waals surface area contributed by atoms with Crippen molar-refractivity contribution in [3.63, 3.8) is 0 Å². The van der Waals surface area contributed by atoms with E-state index in [2.05, 4.69) is 4.98 Å². The van der Waals surface area contributed by atoms with Gasteiger partial charge in [-0.3, -0.25) is 19.7 Å². The fraction of sp³-hybridized carbons (Fsp3) is 0.435. The summed E-state index contributed by atoms with van der Waals surface area (Å²) in [6.07, 6.45) is 0. The second-order valence-corrected chi connectivity index (χ2v) is 7.64. The number of H-pyrrole nitrogens is 1. The highest BCUT2D eigenvalue weighted by molar-refractivity contribution is 6.07. The van der Waals surface area contributed by atoms with Crippen LogP contribution in [-0.2, 0) is 9.47 Å². The molecule has 1 heterocycles. The monoisotopic (exact) mass is 459 g/mol. The molecule has 1 amide bonds. The van der Waals surface area contributed by atoms with Crippen LogP contribution < -0.4 is 0 Å². The van der Waals surface area contributed by atoms with Gasteiger partial charge in [-0.25, -0.2) is 4.79 Å². The molecule has 0 aliphatic heterocycles. The van der Waals surface area contributed by atoms with Gasteiger partial charge in [0.15, 0.2) is 5.78 Å². The smallest absolute Gasteiger partial charge is 0.355 e. The van der Waals surface area contributed by atoms with Gasteiger partial charge < -0.3 is 19.4 Å². The van der Waals surface area contributed by atoms with E-state index in [1.54, 1.807) is 34.6 Å². The number of esters is 1. The van der Waals surface area contributed by atoms with Gasteiger partial charge in [0.25, 0.3) is 11.6 Å². The number of ketones is 1. The van der Waals surface area contributed by atoms with E-state index < -0.39 is 22.8 Å². The third-order valence-corrected chi connectivity index (χ3v) is 5.46. The summed E-state index contributed by atoms with van der Waals surface area (Å²) in [5, 5.41) is 11.3. The molecular formula is C23H29N3O7. The molecule has 0 spiro atoms. The first-order chi connectivity index (χ1) is 15.5. The van der Waals surface area contributed by atoms with E-state index in [0.29, 0.717) is 22.4 Å². The van der Waals surface area contributed by atoms with Crippen LogP contribution in [0.5, 0.6) is 0 Å². The van der Waals surface area contributed by atoms with Gasteiger partial charge in [-0.05, 0) is 46.2 Å². The fourth-order valence-corrected chi connectivity index (χ4v) is 3.64. The van der Waals surface area contributed by atoms with E-state index in [4.69, 9.17) is 9.47 Å². The molecule has 10 nitrogen and oxygen atoms in total. The number of carbonyl (C=O) groups is 3. The molecule has 0 radical (unpaired) electrons. The number of nitrogens with zero attached hydrogens (tertiary/aromatic N) is 2. The number of nitro groups is 1. The molecular weight excluding hydrogens is 430 g/mol. The van der Waals surface area contributed by atoms with Gasteiger partial charge in [0, 0.05) is 42.1 Å². The Balaban J connectivity index is 2.44. The summed E-state index contributed by atoms with van der Waals surface area (Å²) in [7, 11) is 1.47. The molecule has 0 aliphatic carbocycles. The number of ether oxygens (including phenoxy) is 2. The summed E-state index contributed by atoms with van der Waals surface area (Å²) in [4.78, 5) is 53.9. The summed E-state index contributed by atoms with van der Waals surface area (Å²) in [6.45, 7) is 8.60. The minimum absolute atomic E-state index is 0.0944. The Morgan fingerprint density at radius 1 is 1.21 bits per heavy atom. The van der Waals surface area contributed by atoms with Gasteiger partial charge in [0.1, 0.15) is 5.69 Å². The van der Waals surface area contributed by atoms with Gasteiger partial charge in [0.2, 0.25) is 0 Å². The highest BCUT2D eigenvalue weighted by Gasteiger charge is 2.32. The van der Waals surface area contributed by atoms with E-state index >= 15 is 0 Å². The highest BCUT2D eigenvalue weighted by atomic mass is 16.6. The minimum Gasteiger partial charge on any atom is -0.461 e. The van der Waals surface area contributed by atoms with E-state index in [1.807, 2.05) is 0 Å². The van der Waals surface area contributed by atoms with Crippen molar-refractivity contribution in [3.8, 4) is 0 Å². The maximum absolute atomic E-state index is 13.4. The Bertz CT molecular complexity index is 1070. The lowest BCUT2D eigenvalue weighted by Crippen LogP contribution is -2.45. The first-order valence-electron chi connectivity index (χ1n) is 10.5. The van der Waals surface area contributed by atoms with Crippen molar-refractivity contribution in [1.29, 1.82) is 0 Å². The number of benzene rings is 1. The quantitative estimate of drug-likeness (QED) is 0.249. The Labute approximate surface area is 192 Å². The predicted molar refractivity (Wildman–Crippen MR) is 121 cm³/mol. The second kappa shape index (κ2) is 10.9. The Kier molecular flexibility index (Phi) is 8.47. The standard InChI is InChI=1S/C23H29N3O7/c1-7-33-23(29)20-14(3)19(15(4)24-20)21(27)16(5)25(10-11-32-6)22(28)17-9-8-13(2)18(12-17)26(30)31/h8-9,12,16,24H,7,10-11H2,1-6H3. The Morgan fingerprint density at radius 3 is 2.45 bits per heavy atom. The number of aryl methyl sites for hydroxylation is 2. The Hall–Kier alpha value is -3.53. The number of methoxy groups -OCH3 is 1. The molecule has 0 bridgehead atoms. The van der Waals surface area contributed by atoms with Crippen LogP contribution in [0, 0.1) is 30.9 Å². The predicted octanol–water partition coefficient (Wildman–Crippen LogP) is 3.38. The van der Waals surface area contributed by atoms with E-state index in [0.717, 1.165) is 0 Å². The third kappa shape index (κ3) is 5.46. The summed E-state index contributed by atoms with van der Waals surface area (Å²) in [6, 6.07) is 3.28. The third-order valence-electron chi connectivity index (χ3n) is 5.46. The molecule has 10 heteroatoms. The van der Waals surface area contributed by atoms with Gasteiger partial charge in [-0.2, -0.15) is 0 Å². The zero-order chi connectivity index (χ0) is 24.9. The van der Waals surface area contributed by atoms with Crippen molar-refractivity contribution >= 4 is 23.3 Å². The van der Waals surface area contributed by atoms with Crippen molar-refractivity contribution in [1.82, 2.24) is 9.88 Å². The normalized spacial score (nSPS) is 11.7. The summed E-state index contributed by atoms with van der Waals surface area (Å²) in [5.74, 6) is -1.47. The van der Waals surface area contributed by atoms with Crippen molar-refractivity contribution in [2.24, 2.45) is 0 Å². The molecule has 33 heavy (non-hydrogen) atoms. The summed E-state index contributed by atoms with van der Waals surface area (Å²) < 4.78 is 10.1. The van der Waals surface area contributed by atoms with Crippen LogP contribution in [0.25, 0.3) is 0 Å². The molecule has 0 saturated carbocycles. The maximum atomic E-state index is 13.4. The second-order valence-electron chi connectivity index (χ2n) is 7.64. The number of amides is 1. The molecule has 1 atom stereocenters.